The van der Waals surface area contributed by atoms with E-state index in [0.717, 1.165) is 135 Å². The molecule has 0 aromatic rings. The molecule has 4 bridgehead atoms. The number of hydrogen-bond donors (Lipinski definition) is 0. The van der Waals surface area contributed by atoms with Crippen molar-refractivity contribution in [3.63, 3.8) is 0 Å². The molecule has 3 aliphatic heterocycles. The van der Waals surface area contributed by atoms with E-state index in [2.05, 4.69) is 104 Å². The lowest BCUT2D eigenvalue weighted by Gasteiger charge is -2.42. The van der Waals surface area contributed by atoms with Crippen molar-refractivity contribution in [2.45, 2.75) is 587 Å². The van der Waals surface area contributed by atoms with Gasteiger partial charge in [0, 0.05) is 39.9 Å². The van der Waals surface area contributed by atoms with E-state index in [1.165, 1.54) is 38.5 Å². The maximum Gasteiger partial charge on any atom is 0.312 e. The highest BCUT2D eigenvalue weighted by molar-refractivity contribution is 7.87. The van der Waals surface area contributed by atoms with E-state index in [1.54, 1.807) is 0 Å². The predicted octanol–water partition coefficient (Wildman–Crippen LogP) is 28.5. The first-order chi connectivity index (χ1) is 65.9. The van der Waals surface area contributed by atoms with Crippen LogP contribution in [0.15, 0.2) is 0 Å². The molecule has 3 heterocycles. The molecule has 0 aromatic carbocycles. The maximum atomic E-state index is 12.3. The number of rotatable bonds is 33. The first-order valence-corrected chi connectivity index (χ1v) is 57.7. The lowest BCUT2D eigenvalue weighted by molar-refractivity contribution is -0.183. The zero-order valence-electron chi connectivity index (χ0n) is 101. The number of cyclic esters (lactones) is 1. The fraction of sp³-hybridized carbons (Fsp3) is 0.908. The van der Waals surface area contributed by atoms with Gasteiger partial charge in [-0.25, -0.2) is 0 Å². The molecule has 12 unspecified atom stereocenters. The average Bonchev–Trinajstić information content (AvgIpc) is 1.55. The van der Waals surface area contributed by atoms with Crippen LogP contribution in [0.25, 0.3) is 0 Å². The lowest BCUT2D eigenvalue weighted by atomic mass is 9.74. The van der Waals surface area contributed by atoms with E-state index < -0.39 is 32.5 Å². The zero-order chi connectivity index (χ0) is 113. The van der Waals surface area contributed by atoms with Crippen molar-refractivity contribution in [2.75, 3.05) is 6.61 Å². The van der Waals surface area contributed by atoms with Gasteiger partial charge in [-0.05, 0) is 344 Å². The number of carbonyl (C=O) groups excluding carboxylic acids is 11. The Hall–Kier alpha value is -5.92. The molecule has 0 aromatic heterocycles. The van der Waals surface area contributed by atoms with Crippen LogP contribution in [0.2, 0.25) is 0 Å². The quantitative estimate of drug-likeness (QED) is 0.0335. The summed E-state index contributed by atoms with van der Waals surface area (Å²) in [4.78, 5) is 131. The molecular weight excluding hydrogens is 1860 g/mol. The maximum absolute atomic E-state index is 12.3. The van der Waals surface area contributed by atoms with E-state index in [9.17, 15) is 61.2 Å². The van der Waals surface area contributed by atoms with Crippen LogP contribution in [-0.4, -0.2) is 150 Å². The molecule has 0 amide bonds. The van der Waals surface area contributed by atoms with Crippen LogP contribution in [0.1, 0.15) is 518 Å². The van der Waals surface area contributed by atoms with Gasteiger partial charge in [0.15, 0.2) is 0 Å². The molecule has 0 radical (unpaired) electrons. The van der Waals surface area contributed by atoms with Crippen molar-refractivity contribution in [2.24, 2.45) is 100 Å². The van der Waals surface area contributed by atoms with E-state index in [0.29, 0.717) is 37.0 Å². The second kappa shape index (κ2) is 53.1. The molecule has 0 spiro atoms. The van der Waals surface area contributed by atoms with Crippen LogP contribution in [-0.2, 0) is 119 Å². The van der Waals surface area contributed by atoms with Gasteiger partial charge in [0.2, 0.25) is 0 Å². The number of esters is 11. The van der Waals surface area contributed by atoms with Crippen LogP contribution in [0.4, 0.5) is 0 Å². The van der Waals surface area contributed by atoms with Gasteiger partial charge in [0.25, 0.3) is 10.1 Å². The third-order valence-corrected chi connectivity index (χ3v) is 38.0. The Kier molecular flexibility index (Phi) is 49.5. The lowest BCUT2D eigenvalue weighted by Crippen LogP contribution is -2.47. The van der Waals surface area contributed by atoms with Gasteiger partial charge < -0.3 is 52.1 Å². The highest BCUT2D eigenvalue weighted by Gasteiger charge is 2.67. The number of fused-ring (bicyclic) bond motifs is 2. The molecule has 25 nitrogen and oxygen atoms in total. The Bertz CT molecular complexity index is 4090. The first kappa shape index (κ1) is 135. The van der Waals surface area contributed by atoms with Gasteiger partial charge in [-0.15, -0.1) is 0 Å². The van der Waals surface area contributed by atoms with E-state index in [4.69, 9.17) is 56.3 Å². The molecule has 145 heavy (non-hydrogen) atoms. The molecule has 7 aliphatic carbocycles. The Morgan fingerprint density at radius 2 is 0.628 bits per heavy atom. The molecule has 846 valence electrons. The summed E-state index contributed by atoms with van der Waals surface area (Å²) in [5.41, 5.74) is -5.16. The van der Waals surface area contributed by atoms with Crippen molar-refractivity contribution >= 4 is 75.8 Å². The molecule has 10 aliphatic rings. The SMILES string of the molecule is CCC(C)(C)C(=O)OC(C)(CC)C(C)C.CCC(C)(C)C(=O)OC1(C(C)(C)C)CCCC1.CCC(C)(C)C(=O)OC1(C(C)(C)C)CCCC1.CCC(C)(C)C(=O)OC1(C(C)(C)C)CCCC1.CCC(C)(C)C(=O)OC1C2CC3C(=O)OC1C3C2.CCC(C)(C)C(=O)OC1C2CC3C1OS(=O)(=O)C3C2.CCC(C)(C)C(=O)OC1COC(=O)C1.CCC(C)(C)OC(=O)C(C)(C)CC.CCC(CC)(CC)OC(=O)C(C)(C)CC. The summed E-state index contributed by atoms with van der Waals surface area (Å²) in [6.07, 6.45) is 26.4. The summed E-state index contributed by atoms with van der Waals surface area (Å²) < 4.78 is 90.0. The largest absolute Gasteiger partial charge is 0.462 e. The van der Waals surface area contributed by atoms with Crippen LogP contribution in [0.5, 0.6) is 0 Å². The minimum atomic E-state index is -3.43. The average molecular weight is 2080 g/mol. The zero-order valence-corrected chi connectivity index (χ0v) is 101. The normalized spacial score (nSPS) is 24.1. The van der Waals surface area contributed by atoms with Crippen LogP contribution >= 0.6 is 0 Å². The summed E-state index contributed by atoms with van der Waals surface area (Å²) >= 11 is 0. The molecule has 3 saturated heterocycles. The summed E-state index contributed by atoms with van der Waals surface area (Å²) in [6.45, 7) is 92.9. The van der Waals surface area contributed by atoms with E-state index in [-0.39, 0.29) is 208 Å². The first-order valence-electron chi connectivity index (χ1n) is 56.2. The number of carbonyl (C=O) groups is 11. The van der Waals surface area contributed by atoms with Crippen molar-refractivity contribution in [1.29, 1.82) is 0 Å². The third-order valence-electron chi connectivity index (χ3n) is 36.3. The second-order valence-corrected chi connectivity index (χ2v) is 55.3. The minimum Gasteiger partial charge on any atom is -0.462 e. The highest BCUT2D eigenvalue weighted by atomic mass is 32.2. The fourth-order valence-corrected chi connectivity index (χ4v) is 20.2. The molecule has 26 heteroatoms. The van der Waals surface area contributed by atoms with Crippen molar-refractivity contribution in [3.8, 4) is 0 Å². The smallest absolute Gasteiger partial charge is 0.312 e. The molecule has 0 N–H and O–H groups in total. The van der Waals surface area contributed by atoms with Crippen molar-refractivity contribution in [1.82, 2.24) is 0 Å². The monoisotopic (exact) mass is 2080 g/mol. The van der Waals surface area contributed by atoms with Crippen molar-refractivity contribution < 1.29 is 117 Å². The summed E-state index contributed by atoms with van der Waals surface area (Å²) in [5, 5.41) is -0.364. The van der Waals surface area contributed by atoms with Crippen molar-refractivity contribution in [3.05, 3.63) is 0 Å². The summed E-state index contributed by atoms with van der Waals surface area (Å²) in [5.74, 6) is -0.163. The van der Waals surface area contributed by atoms with Crippen LogP contribution in [0, 0.1) is 100 Å². The van der Waals surface area contributed by atoms with Gasteiger partial charge in [0.1, 0.15) is 70.7 Å². The molecule has 12 atom stereocenters. The Morgan fingerprint density at radius 3 is 0.917 bits per heavy atom. The van der Waals surface area contributed by atoms with E-state index in [1.807, 2.05) is 215 Å². The summed E-state index contributed by atoms with van der Waals surface area (Å²) in [7, 11) is -3.43. The minimum absolute atomic E-state index is 0.0255. The Morgan fingerprint density at radius 1 is 0.338 bits per heavy atom. The topological polar surface area (TPSA) is 333 Å². The Labute approximate surface area is 882 Å². The standard InChI is InChI=1S/3C15H28O2.C14H20O4.C13H20O5S.2C13H26O2.C11H22O2.C10H16O4/c3*1-7-14(5,6)12(16)17-15(13(2,3)4)10-8-9-11-15;1-4-14(2,3)13(16)18-10-7-5-8-9(6-7)12(15)17-11(8)10;1-4-13(2,3)12(14)17-10-7-5-8-9(6-7)19(15,16)18-11(8)10;1-8-12(5,6)11(14)15-13(7,9-2)10(3)4;1-7-12(5,6)11(14)15-13(8-2,9-3)10-4;1-7-10(3,4)9(12)13-11(5,6)8-2;1-4-10(2,3)9(12)14-7-5-8(11)13-6-7/h3*7-11H2,1-6H3;7-11H,4-6H2,1-3H3;7-11H,4-6H2,1-3H3;10H,8-9H2,1-7H3;7-10H2,1-6H3;7-8H2,1-6H3;7H,4-6H2,1-3H3. The number of hydrogen-bond acceptors (Lipinski definition) is 25. The molecule has 10 rings (SSSR count). The van der Waals surface area contributed by atoms with E-state index >= 15 is 0 Å². The number of ether oxygens (including phenoxy) is 11. The van der Waals surface area contributed by atoms with Gasteiger partial charge in [-0.3, -0.25) is 56.9 Å². The van der Waals surface area contributed by atoms with Gasteiger partial charge >= 0.3 is 65.7 Å². The van der Waals surface area contributed by atoms with Gasteiger partial charge in [0.05, 0.1) is 66.3 Å². The fourth-order valence-electron chi connectivity index (χ4n) is 18.4. The van der Waals surface area contributed by atoms with Gasteiger partial charge in [-0.1, -0.05) is 173 Å². The third kappa shape index (κ3) is 35.6. The van der Waals surface area contributed by atoms with Gasteiger partial charge in [-0.2, -0.15) is 8.42 Å². The molecule has 7 saturated carbocycles. The Balaban J connectivity index is 0.000000553. The molecule has 10 fully saturated rings. The molecular formula is C119H214O25S. The van der Waals surface area contributed by atoms with Crippen LogP contribution < -0.4 is 0 Å². The highest BCUT2D eigenvalue weighted by Crippen LogP contribution is 2.58. The second-order valence-electron chi connectivity index (χ2n) is 53.6. The predicted molar refractivity (Wildman–Crippen MR) is 575 cm³/mol. The van der Waals surface area contributed by atoms with Crippen LogP contribution in [0.3, 0.4) is 0 Å². The summed E-state index contributed by atoms with van der Waals surface area (Å²) in [6, 6.07) is 0.